The van der Waals surface area contributed by atoms with Crippen LogP contribution in [0, 0.1) is 0 Å². The number of hydrogen-bond acceptors (Lipinski definition) is 8. The number of rotatable bonds is 5. The SMILES string of the molecule is COc1cc(C(O)O)ccc1Nc1ncc2c(n1)N(C1CCCCC1)[C@H](C)C(=O)N2C. The van der Waals surface area contributed by atoms with Gasteiger partial charge in [0.1, 0.15) is 17.5 Å². The summed E-state index contributed by atoms with van der Waals surface area (Å²) in [5.74, 6) is 1.62. The number of methoxy groups -OCH3 is 1. The Balaban J connectivity index is 1.69. The molecule has 4 rings (SSSR count). The van der Waals surface area contributed by atoms with Crippen molar-refractivity contribution >= 4 is 29.0 Å². The Labute approximate surface area is 181 Å². The van der Waals surface area contributed by atoms with E-state index in [0.717, 1.165) is 31.5 Å². The van der Waals surface area contributed by atoms with E-state index >= 15 is 0 Å². The Morgan fingerprint density at radius 1 is 1.23 bits per heavy atom. The molecule has 2 aliphatic rings. The first-order valence-corrected chi connectivity index (χ1v) is 10.6. The number of carbonyl (C=O) groups is 1. The molecular formula is C22H29N5O4. The highest BCUT2D eigenvalue weighted by atomic mass is 16.5. The summed E-state index contributed by atoms with van der Waals surface area (Å²) in [5.41, 5.74) is 1.63. The summed E-state index contributed by atoms with van der Waals surface area (Å²) in [6.45, 7) is 1.94. The zero-order valence-electron chi connectivity index (χ0n) is 18.1. The fourth-order valence-corrected chi connectivity index (χ4v) is 4.50. The number of ether oxygens (including phenoxy) is 1. The van der Waals surface area contributed by atoms with Crippen LogP contribution in [0.2, 0.25) is 0 Å². The van der Waals surface area contributed by atoms with Gasteiger partial charge in [0.25, 0.3) is 0 Å². The van der Waals surface area contributed by atoms with Crippen molar-refractivity contribution in [2.24, 2.45) is 0 Å². The van der Waals surface area contributed by atoms with Gasteiger partial charge in [-0.1, -0.05) is 25.3 Å². The summed E-state index contributed by atoms with van der Waals surface area (Å²) in [6.07, 6.45) is 5.73. The first kappa shape index (κ1) is 21.3. The van der Waals surface area contributed by atoms with E-state index in [1.807, 2.05) is 6.92 Å². The van der Waals surface area contributed by atoms with Crippen molar-refractivity contribution in [1.82, 2.24) is 9.97 Å². The average Bonchev–Trinajstić information content (AvgIpc) is 2.78. The third kappa shape index (κ3) is 4.03. The molecule has 0 saturated heterocycles. The predicted octanol–water partition coefficient (Wildman–Crippen LogP) is 2.72. The summed E-state index contributed by atoms with van der Waals surface area (Å²) < 4.78 is 5.38. The monoisotopic (exact) mass is 427 g/mol. The number of likely N-dealkylation sites (N-methyl/N-ethyl adjacent to an activating group) is 1. The molecule has 0 radical (unpaired) electrons. The molecule has 3 N–H and O–H groups in total. The van der Waals surface area contributed by atoms with E-state index in [-0.39, 0.29) is 18.0 Å². The molecule has 166 valence electrons. The van der Waals surface area contributed by atoms with Crippen LogP contribution in [0.15, 0.2) is 24.4 Å². The second-order valence-electron chi connectivity index (χ2n) is 8.13. The molecule has 1 amide bonds. The van der Waals surface area contributed by atoms with E-state index in [1.165, 1.54) is 13.5 Å². The number of aliphatic hydroxyl groups excluding tert-OH is 1. The van der Waals surface area contributed by atoms with Gasteiger partial charge >= 0.3 is 0 Å². The third-order valence-corrected chi connectivity index (χ3v) is 6.20. The van der Waals surface area contributed by atoms with Gasteiger partial charge in [-0.25, -0.2) is 4.98 Å². The largest absolute Gasteiger partial charge is 0.495 e. The maximum atomic E-state index is 12.8. The topological polar surface area (TPSA) is 111 Å². The van der Waals surface area contributed by atoms with Crippen molar-refractivity contribution in [3.8, 4) is 5.75 Å². The van der Waals surface area contributed by atoms with Crippen LogP contribution < -0.4 is 19.9 Å². The van der Waals surface area contributed by atoms with Gasteiger partial charge in [0.2, 0.25) is 11.9 Å². The Bertz CT molecular complexity index is 961. The lowest BCUT2D eigenvalue weighted by Gasteiger charge is -2.44. The fourth-order valence-electron chi connectivity index (χ4n) is 4.50. The normalized spacial score (nSPS) is 19.5. The zero-order valence-corrected chi connectivity index (χ0v) is 18.1. The smallest absolute Gasteiger partial charge is 0.249 e. The molecule has 1 aromatic heterocycles. The van der Waals surface area contributed by atoms with Crippen molar-refractivity contribution in [3.05, 3.63) is 30.0 Å². The lowest BCUT2D eigenvalue weighted by Crippen LogP contribution is -2.55. The first-order valence-electron chi connectivity index (χ1n) is 10.6. The second kappa shape index (κ2) is 8.68. The number of fused-ring (bicyclic) bond motifs is 1. The highest BCUT2D eigenvalue weighted by Gasteiger charge is 2.39. The lowest BCUT2D eigenvalue weighted by atomic mass is 9.92. The maximum absolute atomic E-state index is 12.8. The summed E-state index contributed by atoms with van der Waals surface area (Å²) in [4.78, 5) is 25.8. The second-order valence-corrected chi connectivity index (χ2v) is 8.13. The highest BCUT2D eigenvalue weighted by Crippen LogP contribution is 2.39. The van der Waals surface area contributed by atoms with Crippen LogP contribution in [-0.2, 0) is 4.79 Å². The van der Waals surface area contributed by atoms with Crippen molar-refractivity contribution in [2.45, 2.75) is 57.4 Å². The summed E-state index contributed by atoms with van der Waals surface area (Å²) in [5, 5.41) is 22.0. The molecular weight excluding hydrogens is 398 g/mol. The summed E-state index contributed by atoms with van der Waals surface area (Å²) in [6, 6.07) is 4.82. The number of hydrogen-bond donors (Lipinski definition) is 3. The molecule has 1 fully saturated rings. The van der Waals surface area contributed by atoms with Crippen molar-refractivity contribution in [3.63, 3.8) is 0 Å². The summed E-state index contributed by atoms with van der Waals surface area (Å²) >= 11 is 0. The van der Waals surface area contributed by atoms with Gasteiger partial charge in [0.15, 0.2) is 12.1 Å². The van der Waals surface area contributed by atoms with Crippen LogP contribution in [0.4, 0.5) is 23.1 Å². The molecule has 0 spiro atoms. The number of nitrogens with one attached hydrogen (secondary N) is 1. The molecule has 9 nitrogen and oxygen atoms in total. The van der Waals surface area contributed by atoms with E-state index in [9.17, 15) is 15.0 Å². The van der Waals surface area contributed by atoms with E-state index in [1.54, 1.807) is 36.3 Å². The molecule has 2 heterocycles. The minimum Gasteiger partial charge on any atom is -0.495 e. The van der Waals surface area contributed by atoms with Crippen LogP contribution >= 0.6 is 0 Å². The Kier molecular flexibility index (Phi) is 5.97. The van der Waals surface area contributed by atoms with E-state index in [0.29, 0.717) is 28.6 Å². The van der Waals surface area contributed by atoms with Crippen LogP contribution in [0.5, 0.6) is 5.75 Å². The van der Waals surface area contributed by atoms with Gasteiger partial charge in [0.05, 0.1) is 19.0 Å². The van der Waals surface area contributed by atoms with Crippen LogP contribution in [0.25, 0.3) is 0 Å². The average molecular weight is 428 g/mol. The molecule has 1 aliphatic carbocycles. The predicted molar refractivity (Wildman–Crippen MR) is 118 cm³/mol. The van der Waals surface area contributed by atoms with E-state index in [4.69, 9.17) is 9.72 Å². The third-order valence-electron chi connectivity index (χ3n) is 6.20. The van der Waals surface area contributed by atoms with Crippen LogP contribution in [0.1, 0.15) is 50.9 Å². The van der Waals surface area contributed by atoms with Crippen LogP contribution in [0.3, 0.4) is 0 Å². The molecule has 1 aromatic carbocycles. The number of benzene rings is 1. The molecule has 31 heavy (non-hydrogen) atoms. The molecule has 0 unspecified atom stereocenters. The number of anilines is 4. The van der Waals surface area contributed by atoms with Crippen LogP contribution in [-0.4, -0.2) is 52.3 Å². The Morgan fingerprint density at radius 2 is 1.97 bits per heavy atom. The number of amides is 1. The van der Waals surface area contributed by atoms with Gasteiger partial charge in [-0.05, 0) is 31.9 Å². The van der Waals surface area contributed by atoms with Gasteiger partial charge in [-0.2, -0.15) is 4.98 Å². The molecule has 2 aromatic rings. The van der Waals surface area contributed by atoms with Gasteiger partial charge in [-0.15, -0.1) is 0 Å². The number of carbonyl (C=O) groups excluding carboxylic acids is 1. The number of aromatic nitrogens is 2. The van der Waals surface area contributed by atoms with Gasteiger partial charge in [0, 0.05) is 18.7 Å². The van der Waals surface area contributed by atoms with Crippen molar-refractivity contribution < 1.29 is 19.7 Å². The van der Waals surface area contributed by atoms with Gasteiger partial charge < -0.3 is 30.1 Å². The number of nitrogens with zero attached hydrogens (tertiary/aromatic N) is 4. The van der Waals surface area contributed by atoms with E-state index in [2.05, 4.69) is 15.2 Å². The lowest BCUT2D eigenvalue weighted by molar-refractivity contribution is -0.119. The minimum atomic E-state index is -1.58. The number of aliphatic hydroxyl groups is 2. The molecule has 1 aliphatic heterocycles. The minimum absolute atomic E-state index is 0.0437. The standard InChI is InChI=1S/C22H29N5O4/c1-13-20(28)26(2)17-12-23-22(25-19(17)27(13)15-7-5-4-6-8-15)24-16-10-9-14(21(29)30)11-18(16)31-3/h9-13,15,21,29-30H,4-8H2,1-3H3,(H,23,24,25)/t13-/m1/s1. The zero-order chi connectivity index (χ0) is 22.1. The highest BCUT2D eigenvalue weighted by molar-refractivity contribution is 6.04. The Morgan fingerprint density at radius 3 is 2.65 bits per heavy atom. The molecule has 1 atom stereocenters. The molecule has 9 heteroatoms. The van der Waals surface area contributed by atoms with Crippen molar-refractivity contribution in [2.75, 3.05) is 29.3 Å². The first-order chi connectivity index (χ1) is 14.9. The van der Waals surface area contributed by atoms with E-state index < -0.39 is 6.29 Å². The summed E-state index contributed by atoms with van der Waals surface area (Å²) in [7, 11) is 3.27. The van der Waals surface area contributed by atoms with Gasteiger partial charge in [-0.3, -0.25) is 4.79 Å². The van der Waals surface area contributed by atoms with Crippen molar-refractivity contribution in [1.29, 1.82) is 0 Å². The Hall–Kier alpha value is -2.91. The fraction of sp³-hybridized carbons (Fsp3) is 0.500. The molecule has 0 bridgehead atoms. The maximum Gasteiger partial charge on any atom is 0.249 e. The molecule has 1 saturated carbocycles. The quantitative estimate of drug-likeness (QED) is 0.625.